The maximum atomic E-state index is 8.04. The summed E-state index contributed by atoms with van der Waals surface area (Å²) in [5.74, 6) is 0.441. The molecule has 0 amide bonds. The number of pyridine rings is 1. The Labute approximate surface area is 182 Å². The van der Waals surface area contributed by atoms with Crippen LogP contribution in [-0.4, -0.2) is 17.4 Å². The van der Waals surface area contributed by atoms with Crippen molar-refractivity contribution in [1.82, 2.24) is 10.3 Å². The minimum Gasteiger partial charge on any atom is -0.340 e. The van der Waals surface area contributed by atoms with Crippen LogP contribution >= 0.6 is 48.6 Å². The van der Waals surface area contributed by atoms with E-state index in [1.54, 1.807) is 11.3 Å². The maximum absolute atomic E-state index is 8.04. The standard InChI is InChI=1S/C19H20N4S.3ClH/c20-19(18-2-1-13-24-18)23-17-5-3-15(4-6-17)7-12-22-14-16-8-10-21-11-9-16;;;/h1-6,8-11,13,22H,7,12,14H2,(H2,20,23);3*1H. The predicted octanol–water partition coefficient (Wildman–Crippen LogP) is 5.18. The van der Waals surface area contributed by atoms with Crippen molar-refractivity contribution in [2.24, 2.45) is 0 Å². The fourth-order valence-corrected chi connectivity index (χ4v) is 2.98. The van der Waals surface area contributed by atoms with Crippen molar-refractivity contribution in [3.63, 3.8) is 0 Å². The fourth-order valence-electron chi connectivity index (χ4n) is 2.35. The lowest BCUT2D eigenvalue weighted by molar-refractivity contribution is 0.686. The molecular formula is C19H23Cl3N4S. The van der Waals surface area contributed by atoms with E-state index in [9.17, 15) is 0 Å². The molecule has 0 aliphatic rings. The van der Waals surface area contributed by atoms with Gasteiger partial charge in [0.25, 0.3) is 0 Å². The second kappa shape index (κ2) is 13.5. The van der Waals surface area contributed by atoms with Crippen LogP contribution < -0.4 is 10.6 Å². The molecule has 146 valence electrons. The summed E-state index contributed by atoms with van der Waals surface area (Å²) in [6.45, 7) is 1.79. The van der Waals surface area contributed by atoms with Crippen LogP contribution in [0.15, 0.2) is 66.3 Å². The van der Waals surface area contributed by atoms with Gasteiger partial charge < -0.3 is 10.6 Å². The first-order valence-corrected chi connectivity index (χ1v) is 8.77. The monoisotopic (exact) mass is 444 g/mol. The van der Waals surface area contributed by atoms with Gasteiger partial charge in [0.2, 0.25) is 0 Å². The summed E-state index contributed by atoms with van der Waals surface area (Å²) < 4.78 is 0. The van der Waals surface area contributed by atoms with E-state index in [1.807, 2.05) is 54.2 Å². The van der Waals surface area contributed by atoms with Crippen LogP contribution in [0.25, 0.3) is 0 Å². The van der Waals surface area contributed by atoms with E-state index >= 15 is 0 Å². The first-order valence-electron chi connectivity index (χ1n) is 7.89. The lowest BCUT2D eigenvalue weighted by atomic mass is 10.1. The zero-order chi connectivity index (χ0) is 16.6. The molecule has 0 fully saturated rings. The first-order chi connectivity index (χ1) is 11.8. The number of halogens is 3. The molecule has 3 aromatic rings. The molecule has 2 aromatic heterocycles. The maximum Gasteiger partial charge on any atom is 0.140 e. The lowest BCUT2D eigenvalue weighted by Gasteiger charge is -2.08. The molecule has 4 nitrogen and oxygen atoms in total. The normalized spacial score (nSPS) is 9.33. The second-order valence-electron chi connectivity index (χ2n) is 5.46. The summed E-state index contributed by atoms with van der Waals surface area (Å²) >= 11 is 1.57. The van der Waals surface area contributed by atoms with Crippen molar-refractivity contribution in [1.29, 1.82) is 5.41 Å². The summed E-state index contributed by atoms with van der Waals surface area (Å²) in [5, 5.41) is 16.6. The molecule has 0 saturated carbocycles. The van der Waals surface area contributed by atoms with Gasteiger partial charge in [-0.2, -0.15) is 0 Å². The Morgan fingerprint density at radius 1 is 0.926 bits per heavy atom. The van der Waals surface area contributed by atoms with Crippen LogP contribution in [0.5, 0.6) is 0 Å². The molecule has 8 heteroatoms. The van der Waals surface area contributed by atoms with E-state index in [4.69, 9.17) is 5.41 Å². The Balaban J connectivity index is 0.00000225. The van der Waals surface area contributed by atoms with Gasteiger partial charge in [-0.3, -0.25) is 10.4 Å². The van der Waals surface area contributed by atoms with Crippen molar-refractivity contribution in [3.05, 3.63) is 82.3 Å². The molecule has 0 spiro atoms. The van der Waals surface area contributed by atoms with Crippen molar-refractivity contribution < 1.29 is 0 Å². The number of benzene rings is 1. The van der Waals surface area contributed by atoms with Crippen molar-refractivity contribution >= 4 is 60.1 Å². The highest BCUT2D eigenvalue weighted by Gasteiger charge is 2.02. The Morgan fingerprint density at radius 2 is 1.63 bits per heavy atom. The number of nitrogens with zero attached hydrogens (tertiary/aromatic N) is 1. The average molecular weight is 446 g/mol. The lowest BCUT2D eigenvalue weighted by Crippen LogP contribution is -2.16. The van der Waals surface area contributed by atoms with Crippen LogP contribution in [-0.2, 0) is 13.0 Å². The number of hydrogen-bond acceptors (Lipinski definition) is 4. The molecule has 0 saturated heterocycles. The third kappa shape index (κ3) is 8.28. The van der Waals surface area contributed by atoms with Crippen LogP contribution in [0, 0.1) is 5.41 Å². The summed E-state index contributed by atoms with van der Waals surface area (Å²) in [4.78, 5) is 4.96. The Bertz CT molecular complexity index is 765. The van der Waals surface area contributed by atoms with Crippen LogP contribution in [0.4, 0.5) is 5.69 Å². The summed E-state index contributed by atoms with van der Waals surface area (Å²) in [7, 11) is 0. The van der Waals surface area contributed by atoms with Crippen LogP contribution in [0.1, 0.15) is 16.0 Å². The van der Waals surface area contributed by atoms with Gasteiger partial charge in [0.05, 0.1) is 4.88 Å². The third-order valence-electron chi connectivity index (χ3n) is 3.66. The highest BCUT2D eigenvalue weighted by molar-refractivity contribution is 7.12. The smallest absolute Gasteiger partial charge is 0.140 e. The summed E-state index contributed by atoms with van der Waals surface area (Å²) in [5.41, 5.74) is 3.48. The molecule has 0 aliphatic heterocycles. The molecule has 3 N–H and O–H groups in total. The van der Waals surface area contributed by atoms with Gasteiger partial charge in [-0.15, -0.1) is 48.6 Å². The molecule has 0 unspecified atom stereocenters. The number of hydrogen-bond donors (Lipinski definition) is 3. The second-order valence-corrected chi connectivity index (χ2v) is 6.40. The minimum absolute atomic E-state index is 0. The Kier molecular flexibility index (Phi) is 12.7. The Morgan fingerprint density at radius 3 is 2.26 bits per heavy atom. The van der Waals surface area contributed by atoms with E-state index in [0.29, 0.717) is 5.84 Å². The molecule has 27 heavy (non-hydrogen) atoms. The van der Waals surface area contributed by atoms with Gasteiger partial charge in [0.1, 0.15) is 5.84 Å². The number of rotatable bonds is 7. The highest BCUT2D eigenvalue weighted by atomic mass is 35.5. The minimum atomic E-state index is 0. The molecule has 0 radical (unpaired) electrons. The van der Waals surface area contributed by atoms with Gasteiger partial charge in [-0.25, -0.2) is 0 Å². The largest absolute Gasteiger partial charge is 0.340 e. The molecule has 2 heterocycles. The van der Waals surface area contributed by atoms with Gasteiger partial charge in [0.15, 0.2) is 0 Å². The zero-order valence-corrected chi connectivity index (χ0v) is 17.8. The van der Waals surface area contributed by atoms with Gasteiger partial charge in [0, 0.05) is 24.6 Å². The molecule has 0 atom stereocenters. The molecule has 0 aliphatic carbocycles. The van der Waals surface area contributed by atoms with E-state index in [2.05, 4.69) is 27.8 Å². The van der Waals surface area contributed by atoms with E-state index < -0.39 is 0 Å². The van der Waals surface area contributed by atoms with Gasteiger partial charge in [-0.1, -0.05) is 18.2 Å². The number of amidine groups is 1. The van der Waals surface area contributed by atoms with Crippen molar-refractivity contribution in [2.75, 3.05) is 11.9 Å². The SMILES string of the molecule is Cl.Cl.Cl.N=C(Nc1ccc(CCNCc2ccncc2)cc1)c1cccs1. The van der Waals surface area contributed by atoms with Crippen molar-refractivity contribution in [3.8, 4) is 0 Å². The van der Waals surface area contributed by atoms with Crippen LogP contribution in [0.2, 0.25) is 0 Å². The van der Waals surface area contributed by atoms with E-state index in [0.717, 1.165) is 30.1 Å². The average Bonchev–Trinajstić information content (AvgIpc) is 3.16. The summed E-state index contributed by atoms with van der Waals surface area (Å²) in [6, 6.07) is 16.2. The highest BCUT2D eigenvalue weighted by Crippen LogP contribution is 2.14. The molecule has 0 bridgehead atoms. The zero-order valence-electron chi connectivity index (χ0n) is 14.6. The number of thiophene rings is 1. The summed E-state index contributed by atoms with van der Waals surface area (Å²) in [6.07, 6.45) is 4.61. The Hall–Kier alpha value is -1.63. The number of anilines is 1. The van der Waals surface area contributed by atoms with Gasteiger partial charge >= 0.3 is 0 Å². The van der Waals surface area contributed by atoms with Gasteiger partial charge in [-0.05, 0) is 59.8 Å². The molecular weight excluding hydrogens is 423 g/mol. The van der Waals surface area contributed by atoms with E-state index in [-0.39, 0.29) is 37.2 Å². The molecule has 1 aromatic carbocycles. The quantitative estimate of drug-likeness (QED) is 0.267. The number of aromatic nitrogens is 1. The fraction of sp³-hybridized carbons (Fsp3) is 0.158. The number of nitrogens with one attached hydrogen (secondary N) is 3. The van der Waals surface area contributed by atoms with Crippen LogP contribution in [0.3, 0.4) is 0 Å². The van der Waals surface area contributed by atoms with Crippen molar-refractivity contribution in [2.45, 2.75) is 13.0 Å². The topological polar surface area (TPSA) is 60.8 Å². The van der Waals surface area contributed by atoms with E-state index in [1.165, 1.54) is 11.1 Å². The first kappa shape index (κ1) is 25.4. The third-order valence-corrected chi connectivity index (χ3v) is 4.55. The molecule has 3 rings (SSSR count). The predicted molar refractivity (Wildman–Crippen MR) is 123 cm³/mol.